The molecule has 0 aromatic carbocycles. The summed E-state index contributed by atoms with van der Waals surface area (Å²) in [6, 6.07) is 0. The lowest BCUT2D eigenvalue weighted by molar-refractivity contribution is -0.198. The Hall–Kier alpha value is -1.04. The molecule has 5 nitrogen and oxygen atoms in total. The van der Waals surface area contributed by atoms with E-state index in [-0.39, 0.29) is 5.41 Å². The highest BCUT2D eigenvalue weighted by molar-refractivity contribution is 4.87. The summed E-state index contributed by atoms with van der Waals surface area (Å²) in [4.78, 5) is 0. The fourth-order valence-electron chi connectivity index (χ4n) is 4.13. The topological polar surface area (TPSA) is 46.2 Å². The number of rotatable bonds is 10. The molecule has 148 valence electrons. The highest BCUT2D eigenvalue weighted by Crippen LogP contribution is 2.33. The molecule has 3 rings (SSSR count). The molecular formula is C21H34O5. The Kier molecular flexibility index (Phi) is 7.41. The van der Waals surface area contributed by atoms with Gasteiger partial charge in [0.1, 0.15) is 0 Å². The van der Waals surface area contributed by atoms with Crippen molar-refractivity contribution in [3.05, 3.63) is 25.7 Å². The Morgan fingerprint density at radius 3 is 1.38 bits per heavy atom. The van der Waals surface area contributed by atoms with Gasteiger partial charge in [0.15, 0.2) is 0 Å². The van der Waals surface area contributed by atoms with Crippen LogP contribution in [-0.2, 0) is 23.7 Å². The Morgan fingerprint density at radius 1 is 0.692 bits per heavy atom. The third-order valence-corrected chi connectivity index (χ3v) is 5.89. The standard InChI is InChI=1S/C21H34O5/c1-3-23-17-5-9-19(10-6-17)25-15-21(13-22-14-21)16-26-20-11-7-18(8-12-20)24-4-2/h3-4,17-20H,1-2,5-16H2. The fourth-order valence-corrected chi connectivity index (χ4v) is 4.13. The molecule has 0 radical (unpaired) electrons. The van der Waals surface area contributed by atoms with Crippen molar-refractivity contribution in [2.24, 2.45) is 5.41 Å². The van der Waals surface area contributed by atoms with E-state index in [1.165, 1.54) is 0 Å². The second-order valence-electron chi connectivity index (χ2n) is 8.02. The van der Waals surface area contributed by atoms with Gasteiger partial charge in [-0.25, -0.2) is 0 Å². The fraction of sp³-hybridized carbons (Fsp3) is 0.810. The first-order valence-corrected chi connectivity index (χ1v) is 10.1. The molecule has 0 aromatic heterocycles. The monoisotopic (exact) mass is 366 g/mol. The minimum Gasteiger partial charge on any atom is -0.499 e. The summed E-state index contributed by atoms with van der Waals surface area (Å²) in [5, 5.41) is 0. The SMILES string of the molecule is C=COC1CCC(OCC2(COC3CCC(OC=C)CC3)COC2)CC1. The van der Waals surface area contributed by atoms with Crippen LogP contribution in [-0.4, -0.2) is 50.8 Å². The van der Waals surface area contributed by atoms with Crippen molar-refractivity contribution in [3.8, 4) is 0 Å². The summed E-state index contributed by atoms with van der Waals surface area (Å²) in [6.45, 7) is 10.2. The Labute approximate surface area is 157 Å². The Balaban J connectivity index is 1.34. The van der Waals surface area contributed by atoms with E-state index < -0.39 is 0 Å². The summed E-state index contributed by atoms with van der Waals surface area (Å²) in [7, 11) is 0. The third kappa shape index (κ3) is 5.48. The Morgan fingerprint density at radius 2 is 1.08 bits per heavy atom. The van der Waals surface area contributed by atoms with Gasteiger partial charge in [0, 0.05) is 0 Å². The molecule has 1 heterocycles. The molecule has 3 fully saturated rings. The molecule has 0 N–H and O–H groups in total. The zero-order valence-electron chi connectivity index (χ0n) is 15.9. The molecule has 2 saturated carbocycles. The maximum atomic E-state index is 6.23. The van der Waals surface area contributed by atoms with Gasteiger partial charge in [0.05, 0.1) is 68.8 Å². The van der Waals surface area contributed by atoms with Crippen LogP contribution in [0.3, 0.4) is 0 Å². The van der Waals surface area contributed by atoms with Gasteiger partial charge in [0.25, 0.3) is 0 Å². The van der Waals surface area contributed by atoms with Crippen LogP contribution >= 0.6 is 0 Å². The molecule has 1 aliphatic heterocycles. The van der Waals surface area contributed by atoms with Gasteiger partial charge >= 0.3 is 0 Å². The minimum absolute atomic E-state index is 0.0446. The van der Waals surface area contributed by atoms with Gasteiger partial charge in [-0.1, -0.05) is 13.2 Å². The Bertz CT molecular complexity index is 396. The van der Waals surface area contributed by atoms with Gasteiger partial charge in [-0.2, -0.15) is 0 Å². The maximum absolute atomic E-state index is 6.23. The first-order chi connectivity index (χ1) is 12.7. The summed E-state index contributed by atoms with van der Waals surface area (Å²) >= 11 is 0. The second kappa shape index (κ2) is 9.77. The van der Waals surface area contributed by atoms with Crippen molar-refractivity contribution in [2.75, 3.05) is 26.4 Å². The number of ether oxygens (including phenoxy) is 5. The van der Waals surface area contributed by atoms with Crippen molar-refractivity contribution in [1.82, 2.24) is 0 Å². The normalized spacial score (nSPS) is 33.7. The van der Waals surface area contributed by atoms with Gasteiger partial charge in [-0.15, -0.1) is 0 Å². The van der Waals surface area contributed by atoms with E-state index in [1.54, 1.807) is 12.5 Å². The molecule has 1 saturated heterocycles. The van der Waals surface area contributed by atoms with Crippen LogP contribution < -0.4 is 0 Å². The van der Waals surface area contributed by atoms with Crippen molar-refractivity contribution >= 4 is 0 Å². The van der Waals surface area contributed by atoms with E-state index in [0.717, 1.165) is 77.8 Å². The molecule has 26 heavy (non-hydrogen) atoms. The van der Waals surface area contributed by atoms with E-state index in [1.807, 2.05) is 0 Å². The summed E-state index contributed by atoms with van der Waals surface area (Å²) in [5.74, 6) is 0. The van der Waals surface area contributed by atoms with Crippen molar-refractivity contribution in [2.45, 2.75) is 75.8 Å². The lowest BCUT2D eigenvalue weighted by atomic mass is 9.87. The van der Waals surface area contributed by atoms with Gasteiger partial charge in [0.2, 0.25) is 0 Å². The van der Waals surface area contributed by atoms with Crippen molar-refractivity contribution < 1.29 is 23.7 Å². The van der Waals surface area contributed by atoms with E-state index in [9.17, 15) is 0 Å². The summed E-state index contributed by atoms with van der Waals surface area (Å²) in [6.07, 6.45) is 12.8. The lowest BCUT2D eigenvalue weighted by Gasteiger charge is -2.43. The maximum Gasteiger partial charge on any atom is 0.0980 e. The summed E-state index contributed by atoms with van der Waals surface area (Å²) < 4.78 is 28.9. The van der Waals surface area contributed by atoms with Crippen LogP contribution in [0.25, 0.3) is 0 Å². The van der Waals surface area contributed by atoms with Crippen LogP contribution in [0.1, 0.15) is 51.4 Å². The molecule has 3 aliphatic rings. The van der Waals surface area contributed by atoms with E-state index in [0.29, 0.717) is 24.4 Å². The van der Waals surface area contributed by atoms with Crippen LogP contribution in [0.2, 0.25) is 0 Å². The van der Waals surface area contributed by atoms with Crippen LogP contribution in [0, 0.1) is 5.41 Å². The smallest absolute Gasteiger partial charge is 0.0980 e. The van der Waals surface area contributed by atoms with Crippen LogP contribution in [0.4, 0.5) is 0 Å². The highest BCUT2D eigenvalue weighted by Gasteiger charge is 2.41. The number of hydrogen-bond donors (Lipinski definition) is 0. The molecule has 0 atom stereocenters. The van der Waals surface area contributed by atoms with Gasteiger partial charge in [-0.3, -0.25) is 0 Å². The van der Waals surface area contributed by atoms with Crippen molar-refractivity contribution in [3.63, 3.8) is 0 Å². The molecule has 0 bridgehead atoms. The molecule has 5 heteroatoms. The van der Waals surface area contributed by atoms with E-state index >= 15 is 0 Å². The van der Waals surface area contributed by atoms with Gasteiger partial charge < -0.3 is 23.7 Å². The largest absolute Gasteiger partial charge is 0.499 e. The zero-order chi connectivity index (χ0) is 18.2. The molecule has 0 amide bonds. The third-order valence-electron chi connectivity index (χ3n) is 5.89. The first-order valence-electron chi connectivity index (χ1n) is 10.1. The average molecular weight is 366 g/mol. The van der Waals surface area contributed by atoms with E-state index in [2.05, 4.69) is 13.2 Å². The minimum atomic E-state index is 0.0446. The van der Waals surface area contributed by atoms with Crippen LogP contribution in [0.5, 0.6) is 0 Å². The van der Waals surface area contributed by atoms with Gasteiger partial charge in [-0.05, 0) is 51.4 Å². The lowest BCUT2D eigenvalue weighted by Crippen LogP contribution is -2.51. The molecule has 0 unspecified atom stereocenters. The first kappa shape index (κ1) is 19.7. The molecule has 2 aliphatic carbocycles. The average Bonchev–Trinajstić information content (AvgIpc) is 2.64. The highest BCUT2D eigenvalue weighted by atomic mass is 16.5. The quantitative estimate of drug-likeness (QED) is 0.547. The molecule has 0 spiro atoms. The van der Waals surface area contributed by atoms with E-state index in [4.69, 9.17) is 23.7 Å². The predicted octanol–water partition coefficient (Wildman–Crippen LogP) is 3.98. The van der Waals surface area contributed by atoms with Crippen LogP contribution in [0.15, 0.2) is 25.7 Å². The zero-order valence-corrected chi connectivity index (χ0v) is 15.9. The molecule has 0 aromatic rings. The predicted molar refractivity (Wildman–Crippen MR) is 99.8 cm³/mol. The van der Waals surface area contributed by atoms with Crippen molar-refractivity contribution in [1.29, 1.82) is 0 Å². The molecular weight excluding hydrogens is 332 g/mol. The summed E-state index contributed by atoms with van der Waals surface area (Å²) in [5.41, 5.74) is 0.0446. The number of hydrogen-bond acceptors (Lipinski definition) is 5. The second-order valence-corrected chi connectivity index (χ2v) is 8.02.